The second kappa shape index (κ2) is 11.9. The van der Waals surface area contributed by atoms with E-state index in [0.717, 1.165) is 47.1 Å². The number of hydrogen-bond donors (Lipinski definition) is 0. The smallest absolute Gasteiger partial charge is 0.126 e. The van der Waals surface area contributed by atoms with Gasteiger partial charge >= 0.3 is 0 Å². The van der Waals surface area contributed by atoms with Crippen LogP contribution < -0.4 is 4.74 Å². The van der Waals surface area contributed by atoms with Crippen LogP contribution in [-0.2, 0) is 12.8 Å². The van der Waals surface area contributed by atoms with E-state index in [1.54, 1.807) is 7.11 Å². The van der Waals surface area contributed by atoms with Crippen LogP contribution in [-0.4, -0.2) is 24.5 Å². The molecule has 0 heterocycles. The summed E-state index contributed by atoms with van der Waals surface area (Å²) in [5.74, 6) is 4.49. The molecule has 1 nitrogen and oxygen atoms in total. The first-order valence-corrected chi connectivity index (χ1v) is 13.0. The summed E-state index contributed by atoms with van der Waals surface area (Å²) in [6, 6.07) is 13.6. The van der Waals surface area contributed by atoms with Crippen molar-refractivity contribution in [2.45, 2.75) is 57.8 Å². The lowest BCUT2D eigenvalue weighted by Gasteiger charge is -2.23. The highest BCUT2D eigenvalue weighted by molar-refractivity contribution is 7.99. The van der Waals surface area contributed by atoms with Crippen LogP contribution in [0.4, 0.5) is 0 Å². The molecule has 0 spiro atoms. The molecule has 0 atom stereocenters. The number of aryl methyl sites for hydroxylation is 2. The molecule has 162 valence electrons. The molecule has 2 aromatic carbocycles. The average Bonchev–Trinajstić information content (AvgIpc) is 2.81. The zero-order valence-corrected chi connectivity index (χ0v) is 20.1. The maximum absolute atomic E-state index is 5.82. The number of rotatable bonds is 10. The third-order valence-corrected chi connectivity index (χ3v) is 7.66. The van der Waals surface area contributed by atoms with Crippen molar-refractivity contribution in [2.75, 3.05) is 24.5 Å². The van der Waals surface area contributed by atoms with Crippen LogP contribution in [0.25, 0.3) is 5.57 Å². The molecule has 0 unspecified atom stereocenters. The summed E-state index contributed by atoms with van der Waals surface area (Å²) < 4.78 is 5.82. The molecule has 1 aliphatic carbocycles. The van der Waals surface area contributed by atoms with Gasteiger partial charge in [-0.1, -0.05) is 63.1 Å². The van der Waals surface area contributed by atoms with Crippen molar-refractivity contribution < 1.29 is 4.74 Å². The molecule has 1 saturated carbocycles. The molecule has 1 aliphatic rings. The van der Waals surface area contributed by atoms with Gasteiger partial charge in [0.2, 0.25) is 0 Å². The Hall–Kier alpha value is -1.38. The van der Waals surface area contributed by atoms with E-state index in [1.165, 1.54) is 54.4 Å². The molecule has 30 heavy (non-hydrogen) atoms. The maximum Gasteiger partial charge on any atom is 0.126 e. The zero-order valence-electron chi connectivity index (χ0n) is 18.5. The van der Waals surface area contributed by atoms with E-state index in [1.807, 2.05) is 11.8 Å². The summed E-state index contributed by atoms with van der Waals surface area (Å²) >= 11 is 7.70. The number of hydrogen-bond acceptors (Lipinski definition) is 2. The second-order valence-electron chi connectivity index (χ2n) is 8.17. The lowest BCUT2D eigenvalue weighted by atomic mass is 9.83. The fraction of sp³-hybridized carbons (Fsp3) is 0.481. The van der Waals surface area contributed by atoms with Crippen molar-refractivity contribution in [3.8, 4) is 5.75 Å². The summed E-state index contributed by atoms with van der Waals surface area (Å²) in [5, 5.41) is 0. The molecule has 2 aromatic rings. The fourth-order valence-electron chi connectivity index (χ4n) is 4.53. The van der Waals surface area contributed by atoms with Gasteiger partial charge in [-0.05, 0) is 71.2 Å². The van der Waals surface area contributed by atoms with Gasteiger partial charge in [0.25, 0.3) is 0 Å². The molecule has 3 heteroatoms. The van der Waals surface area contributed by atoms with Crippen molar-refractivity contribution >= 4 is 28.9 Å². The van der Waals surface area contributed by atoms with Crippen molar-refractivity contribution in [3.63, 3.8) is 0 Å². The lowest BCUT2D eigenvalue weighted by Crippen LogP contribution is -2.05. The van der Waals surface area contributed by atoms with Gasteiger partial charge in [-0.15, -0.1) is 11.6 Å². The minimum absolute atomic E-state index is 0.678. The van der Waals surface area contributed by atoms with Gasteiger partial charge in [0.15, 0.2) is 0 Å². The van der Waals surface area contributed by atoms with E-state index in [0.29, 0.717) is 5.92 Å². The van der Waals surface area contributed by atoms with E-state index in [2.05, 4.69) is 49.9 Å². The number of ether oxygens (including phenoxy) is 1. The van der Waals surface area contributed by atoms with E-state index in [-0.39, 0.29) is 0 Å². The van der Waals surface area contributed by atoms with Crippen LogP contribution in [0.15, 0.2) is 43.0 Å². The average molecular weight is 443 g/mol. The van der Waals surface area contributed by atoms with Crippen LogP contribution in [0.2, 0.25) is 0 Å². The van der Waals surface area contributed by atoms with Crippen LogP contribution >= 0.6 is 23.4 Å². The Labute approximate surface area is 192 Å². The number of thioether (sulfide) groups is 1. The maximum atomic E-state index is 5.82. The molecule has 3 rings (SSSR count). The van der Waals surface area contributed by atoms with Crippen molar-refractivity contribution in [1.29, 1.82) is 0 Å². The summed E-state index contributed by atoms with van der Waals surface area (Å²) in [6.45, 7) is 6.70. The Balaban J connectivity index is 1.80. The number of alkyl halides is 1. The van der Waals surface area contributed by atoms with Gasteiger partial charge in [0, 0.05) is 17.2 Å². The Morgan fingerprint density at radius 2 is 1.83 bits per heavy atom. The summed E-state index contributed by atoms with van der Waals surface area (Å²) in [7, 11) is 1.78. The first-order valence-electron chi connectivity index (χ1n) is 11.3. The fourth-order valence-corrected chi connectivity index (χ4v) is 5.55. The van der Waals surface area contributed by atoms with Crippen LogP contribution in [0.1, 0.15) is 72.8 Å². The predicted molar refractivity (Wildman–Crippen MR) is 135 cm³/mol. The van der Waals surface area contributed by atoms with Gasteiger partial charge in [-0.2, -0.15) is 11.8 Å². The second-order valence-corrected chi connectivity index (χ2v) is 9.77. The largest absolute Gasteiger partial charge is 0.496 e. The standard InChI is InChI=1S/C27H35ClOS/c1-4-22-18-21(14-16-30-17-15-28)10-12-25(22)20(2)26-13-11-24(19-27(26)29-3)23-8-6-5-7-9-23/h10-13,18-19,23H,2,4-9,14-17H2,1,3H3. The highest BCUT2D eigenvalue weighted by atomic mass is 35.5. The molecule has 0 radical (unpaired) electrons. The molecule has 0 bridgehead atoms. The van der Waals surface area contributed by atoms with Crippen molar-refractivity contribution in [3.05, 3.63) is 70.8 Å². The summed E-state index contributed by atoms with van der Waals surface area (Å²) in [5.41, 5.74) is 7.57. The normalized spacial score (nSPS) is 14.6. The number of methoxy groups -OCH3 is 1. The van der Waals surface area contributed by atoms with Gasteiger partial charge in [-0.3, -0.25) is 0 Å². The first kappa shape index (κ1) is 23.3. The third kappa shape index (κ3) is 5.86. The van der Waals surface area contributed by atoms with Crippen LogP contribution in [0, 0.1) is 0 Å². The van der Waals surface area contributed by atoms with Gasteiger partial charge < -0.3 is 4.74 Å². The minimum atomic E-state index is 0.678. The molecule has 0 saturated heterocycles. The molecular formula is C27H35ClOS. The molecule has 1 fully saturated rings. The van der Waals surface area contributed by atoms with E-state index in [9.17, 15) is 0 Å². The van der Waals surface area contributed by atoms with E-state index >= 15 is 0 Å². The van der Waals surface area contributed by atoms with Gasteiger partial charge in [0.05, 0.1) is 7.11 Å². The first-order chi connectivity index (χ1) is 14.7. The topological polar surface area (TPSA) is 9.23 Å². The SMILES string of the molecule is C=C(c1ccc(CCSCCCl)cc1CC)c1ccc(C2CCCCC2)cc1OC. The molecule has 0 aromatic heterocycles. The quantitative estimate of drug-likeness (QED) is 0.273. The Kier molecular flexibility index (Phi) is 9.21. The lowest BCUT2D eigenvalue weighted by molar-refractivity contribution is 0.408. The predicted octanol–water partition coefficient (Wildman–Crippen LogP) is 7.88. The van der Waals surface area contributed by atoms with E-state index in [4.69, 9.17) is 16.3 Å². The Morgan fingerprint density at radius 1 is 1.07 bits per heavy atom. The summed E-state index contributed by atoms with van der Waals surface area (Å²) in [6.07, 6.45) is 8.75. The Bertz CT molecular complexity index is 839. The van der Waals surface area contributed by atoms with E-state index < -0.39 is 0 Å². The van der Waals surface area contributed by atoms with Crippen molar-refractivity contribution in [1.82, 2.24) is 0 Å². The van der Waals surface area contributed by atoms with Crippen molar-refractivity contribution in [2.24, 2.45) is 0 Å². The molecule has 0 aliphatic heterocycles. The number of halogens is 1. The zero-order chi connectivity index (χ0) is 21.3. The molecular weight excluding hydrogens is 408 g/mol. The highest BCUT2D eigenvalue weighted by Gasteiger charge is 2.19. The Morgan fingerprint density at radius 3 is 2.53 bits per heavy atom. The van der Waals surface area contributed by atoms with Gasteiger partial charge in [-0.25, -0.2) is 0 Å². The monoisotopic (exact) mass is 442 g/mol. The van der Waals surface area contributed by atoms with Gasteiger partial charge in [0.1, 0.15) is 5.75 Å². The minimum Gasteiger partial charge on any atom is -0.496 e. The van der Waals surface area contributed by atoms with Crippen LogP contribution in [0.5, 0.6) is 5.75 Å². The highest BCUT2D eigenvalue weighted by Crippen LogP contribution is 2.38. The molecule has 0 amide bonds. The number of benzene rings is 2. The third-order valence-electron chi connectivity index (χ3n) is 6.26. The van der Waals surface area contributed by atoms with Crippen LogP contribution in [0.3, 0.4) is 0 Å². The summed E-state index contributed by atoms with van der Waals surface area (Å²) in [4.78, 5) is 0. The molecule has 0 N–H and O–H groups in total.